The monoisotopic (exact) mass is 291 g/mol. The molecule has 0 spiro atoms. The molecule has 0 bridgehead atoms. The zero-order valence-electron chi connectivity index (χ0n) is 14.0. The van der Waals surface area contributed by atoms with Gasteiger partial charge in [-0.3, -0.25) is 0 Å². The van der Waals surface area contributed by atoms with Crippen LogP contribution in [0, 0.1) is 12.8 Å². The standard InChI is InChI=1S/C18H29NO2/c1-13-10-15(18(2,3)4)6-7-17(13)21-12-16(19-5)14-8-9-20-11-14/h6-7,10,14,16,19H,8-9,11-12H2,1-5H3. The van der Waals surface area contributed by atoms with E-state index in [1.165, 1.54) is 11.1 Å². The smallest absolute Gasteiger partial charge is 0.122 e. The molecule has 2 rings (SSSR count). The normalized spacial score (nSPS) is 20.5. The van der Waals surface area contributed by atoms with Crippen molar-refractivity contribution in [1.82, 2.24) is 5.32 Å². The predicted molar refractivity (Wildman–Crippen MR) is 87.1 cm³/mol. The molecule has 1 aliphatic rings. The van der Waals surface area contributed by atoms with Crippen LogP contribution in [0.3, 0.4) is 0 Å². The van der Waals surface area contributed by atoms with E-state index in [1.54, 1.807) is 0 Å². The van der Waals surface area contributed by atoms with Crippen LogP contribution in [0.4, 0.5) is 0 Å². The van der Waals surface area contributed by atoms with Crippen LogP contribution in [0.5, 0.6) is 5.75 Å². The second-order valence-electron chi connectivity index (χ2n) is 7.06. The Labute approximate surface area is 129 Å². The van der Waals surface area contributed by atoms with E-state index in [-0.39, 0.29) is 5.41 Å². The topological polar surface area (TPSA) is 30.5 Å². The van der Waals surface area contributed by atoms with Gasteiger partial charge in [-0.15, -0.1) is 0 Å². The number of rotatable bonds is 5. The first kappa shape index (κ1) is 16.3. The summed E-state index contributed by atoms with van der Waals surface area (Å²) in [5.74, 6) is 1.55. The highest BCUT2D eigenvalue weighted by molar-refractivity contribution is 5.38. The lowest BCUT2D eigenvalue weighted by molar-refractivity contribution is 0.162. The number of hydrogen-bond donors (Lipinski definition) is 1. The van der Waals surface area contributed by atoms with Gasteiger partial charge >= 0.3 is 0 Å². The quantitative estimate of drug-likeness (QED) is 0.903. The average Bonchev–Trinajstić information content (AvgIpc) is 2.94. The van der Waals surface area contributed by atoms with E-state index in [1.807, 2.05) is 7.05 Å². The largest absolute Gasteiger partial charge is 0.492 e. The summed E-state index contributed by atoms with van der Waals surface area (Å²) in [4.78, 5) is 0. The van der Waals surface area contributed by atoms with Crippen LogP contribution in [0.1, 0.15) is 38.3 Å². The molecule has 0 radical (unpaired) electrons. The van der Waals surface area contributed by atoms with Gasteiger partial charge < -0.3 is 14.8 Å². The first-order valence-electron chi connectivity index (χ1n) is 7.90. The zero-order valence-corrected chi connectivity index (χ0v) is 14.0. The third kappa shape index (κ3) is 4.21. The summed E-state index contributed by atoms with van der Waals surface area (Å²) in [5, 5.41) is 3.36. The Morgan fingerprint density at radius 2 is 2.14 bits per heavy atom. The van der Waals surface area contributed by atoms with Crippen molar-refractivity contribution in [1.29, 1.82) is 0 Å². The van der Waals surface area contributed by atoms with Crippen molar-refractivity contribution in [2.75, 3.05) is 26.9 Å². The first-order valence-corrected chi connectivity index (χ1v) is 7.90. The van der Waals surface area contributed by atoms with Crippen molar-refractivity contribution in [2.45, 2.75) is 45.6 Å². The van der Waals surface area contributed by atoms with Crippen LogP contribution >= 0.6 is 0 Å². The summed E-state index contributed by atoms with van der Waals surface area (Å²) in [6.45, 7) is 11.2. The van der Waals surface area contributed by atoms with Gasteiger partial charge in [0.25, 0.3) is 0 Å². The van der Waals surface area contributed by atoms with Crippen LogP contribution in [0.2, 0.25) is 0 Å². The molecule has 1 aromatic carbocycles. The molecule has 1 saturated heterocycles. The first-order chi connectivity index (χ1) is 9.91. The molecular formula is C18H29NO2. The zero-order chi connectivity index (χ0) is 15.5. The van der Waals surface area contributed by atoms with Crippen LogP contribution < -0.4 is 10.1 Å². The number of likely N-dealkylation sites (N-methyl/N-ethyl adjacent to an activating group) is 1. The summed E-state index contributed by atoms with van der Waals surface area (Å²) in [7, 11) is 2.00. The number of benzene rings is 1. The predicted octanol–water partition coefficient (Wildman–Crippen LogP) is 3.30. The number of aryl methyl sites for hydroxylation is 1. The second-order valence-corrected chi connectivity index (χ2v) is 7.06. The molecule has 1 heterocycles. The highest BCUT2D eigenvalue weighted by Gasteiger charge is 2.25. The maximum Gasteiger partial charge on any atom is 0.122 e. The summed E-state index contributed by atoms with van der Waals surface area (Å²) < 4.78 is 11.5. The lowest BCUT2D eigenvalue weighted by atomic mass is 9.86. The van der Waals surface area contributed by atoms with E-state index >= 15 is 0 Å². The molecule has 1 fully saturated rings. The molecule has 0 amide bonds. The minimum Gasteiger partial charge on any atom is -0.492 e. The molecule has 3 nitrogen and oxygen atoms in total. The summed E-state index contributed by atoms with van der Waals surface area (Å²) in [5.41, 5.74) is 2.74. The minimum atomic E-state index is 0.179. The van der Waals surface area contributed by atoms with Gasteiger partial charge in [0.2, 0.25) is 0 Å². The molecule has 1 N–H and O–H groups in total. The van der Waals surface area contributed by atoms with Gasteiger partial charge in [0.05, 0.1) is 6.61 Å². The number of nitrogens with one attached hydrogen (secondary N) is 1. The highest BCUT2D eigenvalue weighted by atomic mass is 16.5. The van der Waals surface area contributed by atoms with Crippen molar-refractivity contribution >= 4 is 0 Å². The van der Waals surface area contributed by atoms with Gasteiger partial charge in [0, 0.05) is 18.6 Å². The molecule has 0 aliphatic carbocycles. The maximum absolute atomic E-state index is 6.05. The van der Waals surface area contributed by atoms with Gasteiger partial charge in [-0.2, -0.15) is 0 Å². The van der Waals surface area contributed by atoms with Crippen LogP contribution in [0.25, 0.3) is 0 Å². The summed E-state index contributed by atoms with van der Waals surface area (Å²) in [6.07, 6.45) is 1.12. The van der Waals surface area contributed by atoms with E-state index in [0.29, 0.717) is 18.6 Å². The Balaban J connectivity index is 1.99. The van der Waals surface area contributed by atoms with Crippen molar-refractivity contribution in [3.63, 3.8) is 0 Å². The van der Waals surface area contributed by atoms with Gasteiger partial charge in [-0.25, -0.2) is 0 Å². The van der Waals surface area contributed by atoms with Crippen LogP contribution in [-0.2, 0) is 10.2 Å². The second kappa shape index (κ2) is 6.80. The Kier molecular flexibility index (Phi) is 5.28. The molecule has 1 aromatic rings. The van der Waals surface area contributed by atoms with E-state index < -0.39 is 0 Å². The molecule has 0 saturated carbocycles. The van der Waals surface area contributed by atoms with Crippen LogP contribution in [0.15, 0.2) is 18.2 Å². The van der Waals surface area contributed by atoms with Gasteiger partial charge in [-0.05, 0) is 43.0 Å². The molecule has 0 aromatic heterocycles. The number of hydrogen-bond acceptors (Lipinski definition) is 3. The van der Waals surface area contributed by atoms with Gasteiger partial charge in [-0.1, -0.05) is 32.9 Å². The van der Waals surface area contributed by atoms with Crippen molar-refractivity contribution in [3.8, 4) is 5.75 Å². The fraction of sp³-hybridized carbons (Fsp3) is 0.667. The molecule has 1 aliphatic heterocycles. The van der Waals surface area contributed by atoms with Crippen molar-refractivity contribution in [2.24, 2.45) is 5.92 Å². The maximum atomic E-state index is 6.05. The third-order valence-corrected chi connectivity index (χ3v) is 4.36. The summed E-state index contributed by atoms with van der Waals surface area (Å²) in [6, 6.07) is 6.88. The Hall–Kier alpha value is -1.06. The average molecular weight is 291 g/mol. The Morgan fingerprint density at radius 1 is 1.38 bits per heavy atom. The van der Waals surface area contributed by atoms with Crippen molar-refractivity contribution in [3.05, 3.63) is 29.3 Å². The van der Waals surface area contributed by atoms with E-state index in [9.17, 15) is 0 Å². The fourth-order valence-corrected chi connectivity index (χ4v) is 2.78. The molecule has 2 unspecified atom stereocenters. The lowest BCUT2D eigenvalue weighted by Crippen LogP contribution is -2.39. The van der Waals surface area contributed by atoms with Crippen molar-refractivity contribution < 1.29 is 9.47 Å². The minimum absolute atomic E-state index is 0.179. The highest BCUT2D eigenvalue weighted by Crippen LogP contribution is 2.28. The summed E-state index contributed by atoms with van der Waals surface area (Å²) >= 11 is 0. The van der Waals surface area contributed by atoms with Crippen LogP contribution in [-0.4, -0.2) is 32.9 Å². The molecule has 21 heavy (non-hydrogen) atoms. The molecule has 3 heteroatoms. The number of ether oxygens (including phenoxy) is 2. The third-order valence-electron chi connectivity index (χ3n) is 4.36. The van der Waals surface area contributed by atoms with E-state index in [4.69, 9.17) is 9.47 Å². The Bertz CT molecular complexity index is 459. The fourth-order valence-electron chi connectivity index (χ4n) is 2.78. The van der Waals surface area contributed by atoms with Gasteiger partial charge in [0.1, 0.15) is 12.4 Å². The van der Waals surface area contributed by atoms with E-state index in [0.717, 1.165) is 25.4 Å². The van der Waals surface area contributed by atoms with E-state index in [2.05, 4.69) is 51.2 Å². The lowest BCUT2D eigenvalue weighted by Gasteiger charge is -2.24. The Morgan fingerprint density at radius 3 is 2.67 bits per heavy atom. The van der Waals surface area contributed by atoms with Gasteiger partial charge in [0.15, 0.2) is 0 Å². The molecule has 2 atom stereocenters. The molecule has 118 valence electrons. The molecular weight excluding hydrogens is 262 g/mol. The SMILES string of the molecule is CNC(COc1ccc(C(C)(C)C)cc1C)C1CCOC1.